The SMILES string of the molecule is CCC(Br)CCNC(=O)c1ccccc1C(F)(F)F. The van der Waals surface area contributed by atoms with Crippen LogP contribution in [0.5, 0.6) is 0 Å². The van der Waals surface area contributed by atoms with Crippen LogP contribution < -0.4 is 5.32 Å². The normalized spacial score (nSPS) is 13.1. The van der Waals surface area contributed by atoms with Gasteiger partial charge in [-0.15, -0.1) is 0 Å². The first-order valence-corrected chi connectivity index (χ1v) is 6.86. The molecule has 106 valence electrons. The lowest BCUT2D eigenvalue weighted by molar-refractivity contribution is -0.137. The predicted molar refractivity (Wildman–Crippen MR) is 71.4 cm³/mol. The van der Waals surface area contributed by atoms with Crippen molar-refractivity contribution in [1.82, 2.24) is 5.32 Å². The summed E-state index contributed by atoms with van der Waals surface area (Å²) in [6.07, 6.45) is -2.94. The molecule has 0 spiro atoms. The molecule has 0 aliphatic rings. The Kier molecular flexibility index (Phi) is 5.85. The maximum absolute atomic E-state index is 12.7. The molecule has 0 aromatic heterocycles. The highest BCUT2D eigenvalue weighted by Crippen LogP contribution is 2.31. The monoisotopic (exact) mass is 337 g/mol. The number of hydrogen-bond acceptors (Lipinski definition) is 1. The highest BCUT2D eigenvalue weighted by atomic mass is 79.9. The van der Waals surface area contributed by atoms with Crippen molar-refractivity contribution >= 4 is 21.8 Å². The van der Waals surface area contributed by atoms with Crippen molar-refractivity contribution in [3.63, 3.8) is 0 Å². The van der Waals surface area contributed by atoms with E-state index in [4.69, 9.17) is 0 Å². The number of halogens is 4. The fourth-order valence-electron chi connectivity index (χ4n) is 1.57. The summed E-state index contributed by atoms with van der Waals surface area (Å²) < 4.78 is 38.2. The first kappa shape index (κ1) is 16.0. The second-order valence-electron chi connectivity index (χ2n) is 4.09. The van der Waals surface area contributed by atoms with Crippen molar-refractivity contribution in [1.29, 1.82) is 0 Å². The molecule has 19 heavy (non-hydrogen) atoms. The molecule has 0 heterocycles. The van der Waals surface area contributed by atoms with Gasteiger partial charge in [-0.1, -0.05) is 35.0 Å². The van der Waals surface area contributed by atoms with Gasteiger partial charge in [0.1, 0.15) is 0 Å². The number of carbonyl (C=O) groups is 1. The summed E-state index contributed by atoms with van der Waals surface area (Å²) in [4.78, 5) is 12.0. The van der Waals surface area contributed by atoms with Gasteiger partial charge in [0.05, 0.1) is 11.1 Å². The molecule has 1 aromatic rings. The molecule has 0 radical (unpaired) electrons. The van der Waals surface area contributed by atoms with Crippen molar-refractivity contribution in [3.05, 3.63) is 35.4 Å². The van der Waals surface area contributed by atoms with Crippen LogP contribution in [0, 0.1) is 0 Å². The van der Waals surface area contributed by atoms with Crippen LogP contribution in [0.15, 0.2) is 24.3 Å². The lowest BCUT2D eigenvalue weighted by Crippen LogP contribution is -2.28. The average molecular weight is 338 g/mol. The van der Waals surface area contributed by atoms with E-state index >= 15 is 0 Å². The van der Waals surface area contributed by atoms with Gasteiger partial charge in [0.2, 0.25) is 0 Å². The van der Waals surface area contributed by atoms with E-state index in [1.165, 1.54) is 18.2 Å². The number of alkyl halides is 4. The van der Waals surface area contributed by atoms with Gasteiger partial charge in [-0.25, -0.2) is 0 Å². The number of amides is 1. The van der Waals surface area contributed by atoms with E-state index in [0.29, 0.717) is 13.0 Å². The van der Waals surface area contributed by atoms with Gasteiger partial charge in [0, 0.05) is 11.4 Å². The lowest BCUT2D eigenvalue weighted by atomic mass is 10.1. The summed E-state index contributed by atoms with van der Waals surface area (Å²) in [5.74, 6) is -0.691. The minimum absolute atomic E-state index is 0.255. The molecule has 1 aromatic carbocycles. The Bertz CT molecular complexity index is 434. The first-order valence-electron chi connectivity index (χ1n) is 5.94. The van der Waals surface area contributed by atoms with Crippen LogP contribution in [0.2, 0.25) is 0 Å². The molecular weight excluding hydrogens is 323 g/mol. The van der Waals surface area contributed by atoms with Gasteiger partial charge in [-0.2, -0.15) is 13.2 Å². The number of nitrogens with one attached hydrogen (secondary N) is 1. The van der Waals surface area contributed by atoms with Crippen molar-refractivity contribution in [2.75, 3.05) is 6.54 Å². The fourth-order valence-corrected chi connectivity index (χ4v) is 1.80. The Morgan fingerprint density at radius 3 is 2.58 bits per heavy atom. The zero-order valence-electron chi connectivity index (χ0n) is 10.4. The summed E-state index contributed by atoms with van der Waals surface area (Å²) in [7, 11) is 0. The molecular formula is C13H15BrF3NO. The van der Waals surface area contributed by atoms with Gasteiger partial charge in [-0.3, -0.25) is 4.79 Å². The molecule has 1 unspecified atom stereocenters. The van der Waals surface area contributed by atoms with Gasteiger partial charge in [0.25, 0.3) is 5.91 Å². The smallest absolute Gasteiger partial charge is 0.352 e. The summed E-state index contributed by atoms with van der Waals surface area (Å²) >= 11 is 3.40. The van der Waals surface area contributed by atoms with Crippen LogP contribution in [0.1, 0.15) is 35.7 Å². The summed E-state index contributed by atoms with van der Waals surface area (Å²) in [6, 6.07) is 4.78. The largest absolute Gasteiger partial charge is 0.417 e. The highest BCUT2D eigenvalue weighted by molar-refractivity contribution is 9.09. The zero-order chi connectivity index (χ0) is 14.5. The van der Waals surface area contributed by atoms with Crippen molar-refractivity contribution in [3.8, 4) is 0 Å². The highest BCUT2D eigenvalue weighted by Gasteiger charge is 2.34. The number of benzene rings is 1. The summed E-state index contributed by atoms with van der Waals surface area (Å²) in [5, 5.41) is 2.51. The van der Waals surface area contributed by atoms with Gasteiger partial charge in [0.15, 0.2) is 0 Å². The number of carbonyl (C=O) groups excluding carboxylic acids is 1. The second kappa shape index (κ2) is 6.93. The second-order valence-corrected chi connectivity index (χ2v) is 5.39. The molecule has 0 saturated carbocycles. The Morgan fingerprint density at radius 1 is 1.37 bits per heavy atom. The van der Waals surface area contributed by atoms with Gasteiger partial charge in [-0.05, 0) is 25.0 Å². The molecule has 0 saturated heterocycles. The third kappa shape index (κ3) is 4.86. The molecule has 0 fully saturated rings. The molecule has 2 nitrogen and oxygen atoms in total. The first-order chi connectivity index (χ1) is 8.86. The number of rotatable bonds is 5. The van der Waals surface area contributed by atoms with Crippen LogP contribution >= 0.6 is 15.9 Å². The van der Waals surface area contributed by atoms with Crippen LogP contribution in [0.3, 0.4) is 0 Å². The third-order valence-electron chi connectivity index (χ3n) is 2.66. The fraction of sp³-hybridized carbons (Fsp3) is 0.462. The molecule has 1 atom stereocenters. The maximum atomic E-state index is 12.7. The topological polar surface area (TPSA) is 29.1 Å². The van der Waals surface area contributed by atoms with E-state index < -0.39 is 17.6 Å². The van der Waals surface area contributed by atoms with Crippen molar-refractivity contribution in [2.45, 2.75) is 30.8 Å². The molecule has 0 aliphatic carbocycles. The van der Waals surface area contributed by atoms with Gasteiger partial charge >= 0.3 is 6.18 Å². The van der Waals surface area contributed by atoms with Crippen LogP contribution in [-0.4, -0.2) is 17.3 Å². The van der Waals surface area contributed by atoms with Crippen LogP contribution in [0.25, 0.3) is 0 Å². The molecule has 0 aliphatic heterocycles. The Morgan fingerprint density at radius 2 is 2.00 bits per heavy atom. The lowest BCUT2D eigenvalue weighted by Gasteiger charge is -2.13. The molecule has 0 bridgehead atoms. The predicted octanol–water partition coefficient (Wildman–Crippen LogP) is 4.00. The van der Waals surface area contributed by atoms with Crippen LogP contribution in [0.4, 0.5) is 13.2 Å². The summed E-state index contributed by atoms with van der Waals surface area (Å²) in [5.41, 5.74) is -1.24. The third-order valence-corrected chi connectivity index (χ3v) is 3.77. The van der Waals surface area contributed by atoms with Crippen molar-refractivity contribution in [2.24, 2.45) is 0 Å². The molecule has 1 amide bonds. The molecule has 1 rings (SSSR count). The Balaban J connectivity index is 2.72. The van der Waals surface area contributed by atoms with E-state index in [1.807, 2.05) is 6.92 Å². The zero-order valence-corrected chi connectivity index (χ0v) is 12.0. The molecule has 1 N–H and O–H groups in total. The minimum atomic E-state index is -4.52. The van der Waals surface area contributed by atoms with E-state index in [0.717, 1.165) is 12.5 Å². The molecule has 6 heteroatoms. The van der Waals surface area contributed by atoms with Crippen LogP contribution in [-0.2, 0) is 6.18 Å². The minimum Gasteiger partial charge on any atom is -0.352 e. The maximum Gasteiger partial charge on any atom is 0.417 e. The Hall–Kier alpha value is -1.04. The van der Waals surface area contributed by atoms with E-state index in [9.17, 15) is 18.0 Å². The Labute approximate surface area is 118 Å². The van der Waals surface area contributed by atoms with Gasteiger partial charge < -0.3 is 5.32 Å². The van der Waals surface area contributed by atoms with Crippen molar-refractivity contribution < 1.29 is 18.0 Å². The number of hydrogen-bond donors (Lipinski definition) is 1. The van der Waals surface area contributed by atoms with E-state index in [-0.39, 0.29) is 10.4 Å². The average Bonchev–Trinajstić information content (AvgIpc) is 2.37. The summed E-state index contributed by atoms with van der Waals surface area (Å²) in [6.45, 7) is 2.33. The van der Waals surface area contributed by atoms with E-state index in [2.05, 4.69) is 21.2 Å². The van der Waals surface area contributed by atoms with E-state index in [1.54, 1.807) is 0 Å². The standard InChI is InChI=1S/C13H15BrF3NO/c1-2-9(14)7-8-18-12(19)10-5-3-4-6-11(10)13(15,16)17/h3-6,9H,2,7-8H2,1H3,(H,18,19). The quantitative estimate of drug-likeness (QED) is 0.808.